The van der Waals surface area contributed by atoms with Crippen LogP contribution in [0.1, 0.15) is 52.6 Å². The van der Waals surface area contributed by atoms with Crippen molar-refractivity contribution in [1.82, 2.24) is 0 Å². The Bertz CT molecular complexity index is 1490. The number of ether oxygens (including phenoxy) is 2. The molecule has 4 aromatic rings. The van der Waals surface area contributed by atoms with Crippen molar-refractivity contribution in [2.24, 2.45) is 0 Å². The van der Waals surface area contributed by atoms with Crippen LogP contribution in [0.5, 0.6) is 11.5 Å². The number of para-hydroxylation sites is 2. The molecular weight excluding hydrogens is 536 g/mol. The van der Waals surface area contributed by atoms with Crippen LogP contribution in [-0.2, 0) is 9.47 Å². The number of carbonyl (C=O) groups is 4. The topological polar surface area (TPSA) is 127 Å². The quantitative estimate of drug-likeness (QED) is 0.148. The van der Waals surface area contributed by atoms with Crippen molar-refractivity contribution in [3.05, 3.63) is 143 Å². The van der Waals surface area contributed by atoms with E-state index in [1.807, 2.05) is 0 Å². The van der Waals surface area contributed by atoms with E-state index in [1.165, 1.54) is 38.5 Å². The fourth-order valence-electron chi connectivity index (χ4n) is 3.58. The summed E-state index contributed by atoms with van der Waals surface area (Å²) in [6.45, 7) is 0. The van der Waals surface area contributed by atoms with E-state index in [0.29, 0.717) is 11.1 Å². The standard InChI is InChI=1S/2C17H14O4/c2*1-21-17(20)13-9-6-12(7-10-13)8-11-16(19)14-4-2-3-5-15(14)18/h2*2-11,18H,1H3/b2*11-8+. The molecule has 2 N–H and O–H groups in total. The number of aromatic hydroxyl groups is 2. The number of phenols is 2. The van der Waals surface area contributed by atoms with E-state index in [9.17, 15) is 29.4 Å². The van der Waals surface area contributed by atoms with E-state index in [1.54, 1.807) is 97.1 Å². The lowest BCUT2D eigenvalue weighted by molar-refractivity contribution is 0.0592. The molecule has 0 fully saturated rings. The van der Waals surface area contributed by atoms with Crippen molar-refractivity contribution < 1.29 is 38.9 Å². The molecule has 0 aromatic heterocycles. The molecule has 8 heteroatoms. The summed E-state index contributed by atoms with van der Waals surface area (Å²) in [6, 6.07) is 26.0. The normalized spacial score (nSPS) is 10.5. The maximum absolute atomic E-state index is 11.9. The molecule has 0 atom stereocenters. The molecule has 0 aliphatic rings. The van der Waals surface area contributed by atoms with Crippen LogP contribution in [0.15, 0.2) is 109 Å². The lowest BCUT2D eigenvalue weighted by atomic mass is 10.1. The Morgan fingerprint density at radius 1 is 0.524 bits per heavy atom. The molecule has 0 radical (unpaired) electrons. The fraction of sp³-hybridized carbons (Fsp3) is 0.0588. The first-order valence-electron chi connectivity index (χ1n) is 12.6. The molecular formula is C34H28O8. The summed E-state index contributed by atoms with van der Waals surface area (Å²) >= 11 is 0. The van der Waals surface area contributed by atoms with Crippen LogP contribution in [0.3, 0.4) is 0 Å². The number of esters is 2. The minimum Gasteiger partial charge on any atom is -0.507 e. The van der Waals surface area contributed by atoms with Gasteiger partial charge in [-0.3, -0.25) is 9.59 Å². The van der Waals surface area contributed by atoms with Gasteiger partial charge in [-0.05, 0) is 71.8 Å². The zero-order valence-corrected chi connectivity index (χ0v) is 22.9. The van der Waals surface area contributed by atoms with Gasteiger partial charge in [0.05, 0.1) is 36.5 Å². The van der Waals surface area contributed by atoms with Crippen molar-refractivity contribution >= 4 is 35.7 Å². The molecule has 0 saturated heterocycles. The summed E-state index contributed by atoms with van der Waals surface area (Å²) in [6.07, 6.45) is 6.00. The molecule has 0 aliphatic heterocycles. The first kappa shape index (κ1) is 30.8. The van der Waals surface area contributed by atoms with Crippen LogP contribution in [-0.4, -0.2) is 47.9 Å². The average molecular weight is 565 g/mol. The Balaban J connectivity index is 0.000000230. The van der Waals surface area contributed by atoms with Gasteiger partial charge in [-0.2, -0.15) is 0 Å². The van der Waals surface area contributed by atoms with Crippen molar-refractivity contribution in [3.8, 4) is 11.5 Å². The maximum Gasteiger partial charge on any atom is 0.337 e. The number of rotatable bonds is 8. The van der Waals surface area contributed by atoms with Gasteiger partial charge in [0.25, 0.3) is 0 Å². The van der Waals surface area contributed by atoms with Gasteiger partial charge in [-0.1, -0.05) is 60.7 Å². The number of phenolic OH excluding ortho intramolecular Hbond substituents is 2. The minimum atomic E-state index is -0.407. The number of ketones is 2. The number of allylic oxidation sites excluding steroid dienone is 2. The zero-order valence-electron chi connectivity index (χ0n) is 22.9. The van der Waals surface area contributed by atoms with Gasteiger partial charge in [0.2, 0.25) is 0 Å². The van der Waals surface area contributed by atoms with Gasteiger partial charge in [0.15, 0.2) is 11.6 Å². The second-order valence-electron chi connectivity index (χ2n) is 8.66. The lowest BCUT2D eigenvalue weighted by Crippen LogP contribution is -2.00. The molecule has 4 rings (SSSR count). The Labute approximate surface area is 242 Å². The summed E-state index contributed by atoms with van der Waals surface area (Å²) in [4.78, 5) is 46.5. The Morgan fingerprint density at radius 3 is 1.17 bits per heavy atom. The van der Waals surface area contributed by atoms with Crippen molar-refractivity contribution in [2.75, 3.05) is 14.2 Å². The summed E-state index contributed by atoms with van der Waals surface area (Å²) < 4.78 is 9.21. The maximum atomic E-state index is 11.9. The molecule has 42 heavy (non-hydrogen) atoms. The van der Waals surface area contributed by atoms with Gasteiger partial charge in [-0.15, -0.1) is 0 Å². The highest BCUT2D eigenvalue weighted by Crippen LogP contribution is 2.18. The molecule has 212 valence electrons. The third kappa shape index (κ3) is 8.62. The van der Waals surface area contributed by atoms with E-state index in [-0.39, 0.29) is 34.2 Å². The SMILES string of the molecule is COC(=O)c1ccc(/C=C/C(=O)c2ccccc2O)cc1.COC(=O)c1ccc(/C=C/C(=O)c2ccccc2O)cc1. The lowest BCUT2D eigenvalue weighted by Gasteiger charge is -2.00. The summed E-state index contributed by atoms with van der Waals surface area (Å²) in [5.74, 6) is -1.48. The Kier molecular flexibility index (Phi) is 11.1. The first-order chi connectivity index (χ1) is 20.2. The predicted octanol–water partition coefficient (Wildman–Crippen LogP) is 6.15. The highest BCUT2D eigenvalue weighted by molar-refractivity contribution is 6.09. The van der Waals surface area contributed by atoms with Crippen molar-refractivity contribution in [3.63, 3.8) is 0 Å². The van der Waals surface area contributed by atoms with Crippen LogP contribution in [0, 0.1) is 0 Å². The molecule has 0 saturated carbocycles. The predicted molar refractivity (Wildman–Crippen MR) is 159 cm³/mol. The minimum absolute atomic E-state index is 0.0480. The van der Waals surface area contributed by atoms with Crippen LogP contribution >= 0.6 is 0 Å². The Hall–Kier alpha value is -5.76. The monoisotopic (exact) mass is 564 g/mol. The summed E-state index contributed by atoms with van der Waals surface area (Å²) in [7, 11) is 2.64. The molecule has 0 heterocycles. The van der Waals surface area contributed by atoms with Gasteiger partial charge in [0.1, 0.15) is 11.5 Å². The second kappa shape index (κ2) is 15.1. The molecule has 0 bridgehead atoms. The van der Waals surface area contributed by atoms with Crippen LogP contribution < -0.4 is 0 Å². The average Bonchev–Trinajstić information content (AvgIpc) is 3.03. The highest BCUT2D eigenvalue weighted by atomic mass is 16.5. The summed E-state index contributed by atoms with van der Waals surface area (Å²) in [5.41, 5.74) is 2.93. The molecule has 0 unspecified atom stereocenters. The van der Waals surface area contributed by atoms with Crippen LogP contribution in [0.4, 0.5) is 0 Å². The first-order valence-corrected chi connectivity index (χ1v) is 12.6. The molecule has 4 aromatic carbocycles. The van der Waals surface area contributed by atoms with Gasteiger partial charge in [0, 0.05) is 0 Å². The number of hydrogen-bond acceptors (Lipinski definition) is 8. The number of carbonyl (C=O) groups excluding carboxylic acids is 4. The molecule has 0 aliphatic carbocycles. The van der Waals surface area contributed by atoms with E-state index in [4.69, 9.17) is 0 Å². The van der Waals surface area contributed by atoms with Gasteiger partial charge in [-0.25, -0.2) is 9.59 Å². The van der Waals surface area contributed by atoms with Gasteiger partial charge >= 0.3 is 11.9 Å². The van der Waals surface area contributed by atoms with E-state index < -0.39 is 11.9 Å². The second-order valence-corrected chi connectivity index (χ2v) is 8.66. The van der Waals surface area contributed by atoms with Crippen molar-refractivity contribution in [1.29, 1.82) is 0 Å². The third-order valence-electron chi connectivity index (χ3n) is 5.86. The van der Waals surface area contributed by atoms with E-state index in [2.05, 4.69) is 9.47 Å². The van der Waals surface area contributed by atoms with Crippen LogP contribution in [0.25, 0.3) is 12.2 Å². The number of benzene rings is 4. The largest absolute Gasteiger partial charge is 0.507 e. The van der Waals surface area contributed by atoms with Crippen LogP contribution in [0.2, 0.25) is 0 Å². The van der Waals surface area contributed by atoms with E-state index >= 15 is 0 Å². The zero-order chi connectivity index (χ0) is 30.5. The van der Waals surface area contributed by atoms with E-state index in [0.717, 1.165) is 11.1 Å². The smallest absolute Gasteiger partial charge is 0.337 e. The van der Waals surface area contributed by atoms with Gasteiger partial charge < -0.3 is 19.7 Å². The summed E-state index contributed by atoms with van der Waals surface area (Å²) in [5, 5.41) is 19.2. The Morgan fingerprint density at radius 2 is 0.857 bits per heavy atom. The molecule has 0 amide bonds. The highest BCUT2D eigenvalue weighted by Gasteiger charge is 2.08. The fourth-order valence-corrected chi connectivity index (χ4v) is 3.58. The van der Waals surface area contributed by atoms with Crippen molar-refractivity contribution in [2.45, 2.75) is 0 Å². The molecule has 8 nitrogen and oxygen atoms in total. The number of methoxy groups -OCH3 is 2. The third-order valence-corrected chi connectivity index (χ3v) is 5.86. The molecule has 0 spiro atoms. The number of hydrogen-bond donors (Lipinski definition) is 2.